The second kappa shape index (κ2) is 7.29. The highest BCUT2D eigenvalue weighted by Crippen LogP contribution is 2.43. The van der Waals surface area contributed by atoms with Crippen LogP contribution in [0, 0.1) is 0 Å². The van der Waals surface area contributed by atoms with E-state index in [0.717, 1.165) is 10.6 Å². The number of methoxy groups -OCH3 is 1. The van der Waals surface area contributed by atoms with Crippen molar-refractivity contribution < 1.29 is 17.9 Å². The van der Waals surface area contributed by atoms with Crippen molar-refractivity contribution in [1.29, 1.82) is 0 Å². The van der Waals surface area contributed by atoms with Crippen molar-refractivity contribution in [2.75, 3.05) is 23.5 Å². The third kappa shape index (κ3) is 3.76. The fourth-order valence-electron chi connectivity index (χ4n) is 3.38. The smallest absolute Gasteiger partial charge is 0.253 e. The summed E-state index contributed by atoms with van der Waals surface area (Å²) in [5, 5.41) is 2.34. The number of fused-ring (bicyclic) bond motifs is 1. The second-order valence-electron chi connectivity index (χ2n) is 6.39. The van der Waals surface area contributed by atoms with Crippen LogP contribution in [0.25, 0.3) is 0 Å². The summed E-state index contributed by atoms with van der Waals surface area (Å²) in [6.45, 7) is 0. The van der Waals surface area contributed by atoms with Gasteiger partial charge in [-0.1, -0.05) is 30.0 Å². The summed E-state index contributed by atoms with van der Waals surface area (Å²) in [7, 11) is -1.53. The zero-order valence-electron chi connectivity index (χ0n) is 14.6. The molecule has 0 unspecified atom stereocenters. The van der Waals surface area contributed by atoms with Gasteiger partial charge in [-0.05, 0) is 23.6 Å². The molecule has 142 valence electrons. The Bertz CT molecular complexity index is 986. The molecule has 2 saturated heterocycles. The van der Waals surface area contributed by atoms with Crippen molar-refractivity contribution in [2.24, 2.45) is 4.99 Å². The van der Waals surface area contributed by atoms with Crippen molar-refractivity contribution in [3.05, 3.63) is 46.7 Å². The molecule has 2 aromatic rings. The van der Waals surface area contributed by atoms with Gasteiger partial charge in [0.05, 0.1) is 36.8 Å². The normalized spacial score (nSPS) is 24.9. The molecule has 0 N–H and O–H groups in total. The molecule has 1 aromatic heterocycles. The summed E-state index contributed by atoms with van der Waals surface area (Å²) in [6, 6.07) is 11.0. The van der Waals surface area contributed by atoms with Crippen LogP contribution < -0.4 is 9.64 Å². The maximum absolute atomic E-state index is 12.5. The number of thiophene rings is 1. The summed E-state index contributed by atoms with van der Waals surface area (Å²) in [5.41, 5.74) is 0.736. The lowest BCUT2D eigenvalue weighted by Crippen LogP contribution is -2.38. The SMILES string of the molecule is COc1ccccc1N1C(=NC(=O)Cc2cccs2)S[C@@H]2CS(=O)(=O)C[C@@H]21. The number of amidine groups is 1. The van der Waals surface area contributed by atoms with Crippen molar-refractivity contribution in [3.63, 3.8) is 0 Å². The first-order chi connectivity index (χ1) is 13.0. The minimum atomic E-state index is -3.10. The number of benzene rings is 1. The van der Waals surface area contributed by atoms with Gasteiger partial charge in [-0.2, -0.15) is 4.99 Å². The van der Waals surface area contributed by atoms with E-state index in [1.54, 1.807) is 7.11 Å². The molecule has 4 rings (SSSR count). The van der Waals surface area contributed by atoms with Crippen LogP contribution in [0.2, 0.25) is 0 Å². The lowest BCUT2D eigenvalue weighted by atomic mass is 10.2. The van der Waals surface area contributed by atoms with Crippen LogP contribution in [0.1, 0.15) is 4.88 Å². The molecule has 0 radical (unpaired) electrons. The van der Waals surface area contributed by atoms with Gasteiger partial charge in [0.15, 0.2) is 15.0 Å². The van der Waals surface area contributed by atoms with Crippen molar-refractivity contribution in [1.82, 2.24) is 0 Å². The van der Waals surface area contributed by atoms with Crippen LogP contribution in [0.15, 0.2) is 46.8 Å². The molecule has 2 fully saturated rings. The van der Waals surface area contributed by atoms with E-state index in [1.807, 2.05) is 46.7 Å². The number of hydrogen-bond acceptors (Lipinski definition) is 6. The largest absolute Gasteiger partial charge is 0.495 e. The molecular weight excluding hydrogens is 404 g/mol. The van der Waals surface area contributed by atoms with E-state index in [0.29, 0.717) is 10.9 Å². The van der Waals surface area contributed by atoms with E-state index >= 15 is 0 Å². The minimum absolute atomic E-state index is 0.0564. The van der Waals surface area contributed by atoms with Crippen LogP contribution in [0.4, 0.5) is 5.69 Å². The fraction of sp³-hybridized carbons (Fsp3) is 0.333. The van der Waals surface area contributed by atoms with Crippen LogP contribution in [-0.2, 0) is 21.1 Å². The van der Waals surface area contributed by atoms with Gasteiger partial charge in [-0.25, -0.2) is 8.42 Å². The first kappa shape index (κ1) is 18.5. The van der Waals surface area contributed by atoms with Crippen LogP contribution >= 0.6 is 23.1 Å². The number of carbonyl (C=O) groups is 1. The number of rotatable bonds is 4. The number of nitrogens with zero attached hydrogens (tertiary/aromatic N) is 2. The van der Waals surface area contributed by atoms with Crippen LogP contribution in [-0.4, -0.2) is 49.4 Å². The van der Waals surface area contributed by atoms with Gasteiger partial charge < -0.3 is 9.64 Å². The predicted octanol–water partition coefficient (Wildman–Crippen LogP) is 2.60. The monoisotopic (exact) mass is 422 g/mol. The average molecular weight is 423 g/mol. The summed E-state index contributed by atoms with van der Waals surface area (Å²) < 4.78 is 29.7. The van der Waals surface area contributed by atoms with Crippen LogP contribution in [0.3, 0.4) is 0 Å². The van der Waals surface area contributed by atoms with E-state index in [1.165, 1.54) is 23.1 Å². The molecule has 0 saturated carbocycles. The van der Waals surface area contributed by atoms with E-state index in [9.17, 15) is 13.2 Å². The maximum atomic E-state index is 12.5. The van der Waals surface area contributed by atoms with Crippen molar-refractivity contribution in [2.45, 2.75) is 17.7 Å². The fourth-order valence-corrected chi connectivity index (χ4v) is 8.00. The second-order valence-corrected chi connectivity index (χ2v) is 10.8. The number of hydrogen-bond donors (Lipinski definition) is 0. The predicted molar refractivity (Wildman–Crippen MR) is 110 cm³/mol. The molecule has 3 heterocycles. The number of amides is 1. The molecule has 2 aliphatic heterocycles. The number of sulfone groups is 1. The molecule has 0 bridgehead atoms. The lowest BCUT2D eigenvalue weighted by Gasteiger charge is -2.26. The molecule has 0 spiro atoms. The molecular formula is C18H18N2O4S3. The van der Waals surface area contributed by atoms with Gasteiger partial charge in [-0.3, -0.25) is 4.79 Å². The highest BCUT2D eigenvalue weighted by atomic mass is 32.2. The Morgan fingerprint density at radius 1 is 1.26 bits per heavy atom. The van der Waals surface area contributed by atoms with Gasteiger partial charge in [0.2, 0.25) is 0 Å². The Balaban J connectivity index is 1.70. The topological polar surface area (TPSA) is 76.0 Å². The summed E-state index contributed by atoms with van der Waals surface area (Å²) >= 11 is 2.89. The van der Waals surface area contributed by atoms with E-state index < -0.39 is 9.84 Å². The minimum Gasteiger partial charge on any atom is -0.495 e. The number of anilines is 1. The van der Waals surface area contributed by atoms with E-state index in [2.05, 4.69) is 4.99 Å². The maximum Gasteiger partial charge on any atom is 0.253 e. The zero-order chi connectivity index (χ0) is 19.0. The number of thioether (sulfide) groups is 1. The Labute approximate surface area is 166 Å². The number of ether oxygens (including phenoxy) is 1. The Hall–Kier alpha value is -1.84. The summed E-state index contributed by atoms with van der Waals surface area (Å²) in [4.78, 5) is 19.6. The number of carbonyl (C=O) groups excluding carboxylic acids is 1. The van der Waals surface area contributed by atoms with Gasteiger partial charge in [0.1, 0.15) is 5.75 Å². The highest BCUT2D eigenvalue weighted by molar-refractivity contribution is 8.16. The molecule has 27 heavy (non-hydrogen) atoms. The standard InChI is InChI=1S/C18H18N2O4S3/c1-24-15-7-3-2-6-13(15)20-14-10-27(22,23)11-16(14)26-18(20)19-17(21)9-12-5-4-8-25-12/h2-8,14,16H,9-11H2,1H3/t14-,16+/m0/s1. The molecule has 1 amide bonds. The summed E-state index contributed by atoms with van der Waals surface area (Å²) in [6.07, 6.45) is 0.245. The first-order valence-electron chi connectivity index (χ1n) is 8.40. The van der Waals surface area contributed by atoms with Crippen molar-refractivity contribution in [3.8, 4) is 5.75 Å². The lowest BCUT2D eigenvalue weighted by molar-refractivity contribution is -0.117. The third-order valence-corrected chi connectivity index (χ3v) is 8.62. The van der Waals surface area contributed by atoms with Gasteiger partial charge in [0.25, 0.3) is 5.91 Å². The van der Waals surface area contributed by atoms with Gasteiger partial charge in [-0.15, -0.1) is 11.3 Å². The molecule has 0 aliphatic carbocycles. The molecule has 9 heteroatoms. The van der Waals surface area contributed by atoms with Crippen molar-refractivity contribution >= 4 is 49.7 Å². The van der Waals surface area contributed by atoms with E-state index in [-0.39, 0.29) is 35.1 Å². The average Bonchev–Trinajstić information content (AvgIpc) is 3.29. The summed E-state index contributed by atoms with van der Waals surface area (Å²) in [5.74, 6) is 0.552. The number of aliphatic imine (C=N–C) groups is 1. The highest BCUT2D eigenvalue weighted by Gasteiger charge is 2.50. The molecule has 1 aromatic carbocycles. The van der Waals surface area contributed by atoms with E-state index in [4.69, 9.17) is 4.74 Å². The number of para-hydroxylation sites is 2. The Morgan fingerprint density at radius 2 is 2.07 bits per heavy atom. The van der Waals surface area contributed by atoms with Crippen LogP contribution in [0.5, 0.6) is 5.75 Å². The quantitative estimate of drug-likeness (QED) is 0.754. The molecule has 2 aliphatic rings. The third-order valence-electron chi connectivity index (χ3n) is 4.54. The zero-order valence-corrected chi connectivity index (χ0v) is 17.0. The van der Waals surface area contributed by atoms with Gasteiger partial charge in [0, 0.05) is 10.1 Å². The Morgan fingerprint density at radius 3 is 2.81 bits per heavy atom. The Kier molecular flexibility index (Phi) is 5.00. The first-order valence-corrected chi connectivity index (χ1v) is 12.0. The molecule has 2 atom stereocenters. The molecule has 6 nitrogen and oxygen atoms in total. The van der Waals surface area contributed by atoms with Gasteiger partial charge >= 0.3 is 0 Å².